The molecule has 2 rings (SSSR count). The van der Waals surface area contributed by atoms with Crippen LogP contribution in [0.25, 0.3) is 0 Å². The number of amides is 1. The van der Waals surface area contributed by atoms with E-state index in [2.05, 4.69) is 22.6 Å². The van der Waals surface area contributed by atoms with Crippen molar-refractivity contribution in [1.29, 1.82) is 0 Å². The van der Waals surface area contributed by atoms with Gasteiger partial charge in [0.15, 0.2) is 16.4 Å². The second kappa shape index (κ2) is 5.75. The van der Waals surface area contributed by atoms with Crippen LogP contribution in [0.1, 0.15) is 20.8 Å². The van der Waals surface area contributed by atoms with E-state index in [1.165, 1.54) is 4.90 Å². The Morgan fingerprint density at radius 3 is 2.62 bits per heavy atom. The van der Waals surface area contributed by atoms with E-state index in [4.69, 9.17) is 4.74 Å². The molecule has 0 saturated carbocycles. The van der Waals surface area contributed by atoms with Crippen molar-refractivity contribution in [2.45, 2.75) is 25.5 Å². The highest BCUT2D eigenvalue weighted by Crippen LogP contribution is 2.33. The summed E-state index contributed by atoms with van der Waals surface area (Å²) in [6.45, 7) is 5.09. The van der Waals surface area contributed by atoms with Crippen LogP contribution < -0.4 is 9.64 Å². The zero-order chi connectivity index (χ0) is 15.8. The Balaban J connectivity index is 2.23. The minimum Gasteiger partial charge on any atom is -0.482 e. The Hall–Kier alpha value is -0.830. The number of nitrogens with zero attached hydrogens (tertiary/aromatic N) is 1. The van der Waals surface area contributed by atoms with Gasteiger partial charge in [0.2, 0.25) is 0 Å². The largest absolute Gasteiger partial charge is 0.482 e. The SMILES string of the molecule is CC(C)(C)S(=O)(=O)CCN1C(=O)COc2cc(I)ccc21. The molecule has 0 radical (unpaired) electrons. The summed E-state index contributed by atoms with van der Waals surface area (Å²) >= 11 is 2.16. The Morgan fingerprint density at radius 2 is 2.00 bits per heavy atom. The van der Waals surface area contributed by atoms with Gasteiger partial charge in [-0.3, -0.25) is 4.79 Å². The van der Waals surface area contributed by atoms with Gasteiger partial charge in [-0.2, -0.15) is 0 Å². The lowest BCUT2D eigenvalue weighted by Gasteiger charge is -2.30. The van der Waals surface area contributed by atoms with Crippen LogP contribution in [-0.2, 0) is 14.6 Å². The molecule has 0 spiro atoms. The highest BCUT2D eigenvalue weighted by atomic mass is 127. The van der Waals surface area contributed by atoms with E-state index in [0.29, 0.717) is 11.4 Å². The summed E-state index contributed by atoms with van der Waals surface area (Å²) in [4.78, 5) is 13.5. The lowest BCUT2D eigenvalue weighted by atomic mass is 10.2. The average molecular weight is 423 g/mol. The van der Waals surface area contributed by atoms with Gasteiger partial charge in [-0.15, -0.1) is 0 Å². The van der Waals surface area contributed by atoms with Gasteiger partial charge in [-0.05, 0) is 61.6 Å². The van der Waals surface area contributed by atoms with Crippen LogP contribution in [0.2, 0.25) is 0 Å². The van der Waals surface area contributed by atoms with Crippen molar-refractivity contribution in [2.75, 3.05) is 23.8 Å². The molecule has 0 N–H and O–H groups in total. The fourth-order valence-electron chi connectivity index (χ4n) is 1.94. The summed E-state index contributed by atoms with van der Waals surface area (Å²) < 4.78 is 30.0. The molecule has 1 heterocycles. The number of anilines is 1. The van der Waals surface area contributed by atoms with Crippen molar-refractivity contribution < 1.29 is 17.9 Å². The molecule has 0 bridgehead atoms. The summed E-state index contributed by atoms with van der Waals surface area (Å²) in [5, 5.41) is 0. The number of halogens is 1. The first-order chi connectivity index (χ1) is 9.62. The van der Waals surface area contributed by atoms with E-state index in [-0.39, 0.29) is 24.8 Å². The zero-order valence-electron chi connectivity index (χ0n) is 12.2. The maximum atomic E-state index is 12.2. The van der Waals surface area contributed by atoms with Gasteiger partial charge in [0.1, 0.15) is 5.75 Å². The Labute approximate surface area is 138 Å². The summed E-state index contributed by atoms with van der Waals surface area (Å²) in [6.07, 6.45) is 0. The molecule has 1 aromatic rings. The minimum atomic E-state index is -3.27. The predicted octanol–water partition coefficient (Wildman–Crippen LogP) is 2.23. The molecule has 5 nitrogen and oxygen atoms in total. The first-order valence-electron chi connectivity index (χ1n) is 6.57. The molecule has 1 amide bonds. The van der Waals surface area contributed by atoms with Crippen LogP contribution in [0, 0.1) is 3.57 Å². The predicted molar refractivity (Wildman–Crippen MR) is 90.5 cm³/mol. The third kappa shape index (κ3) is 3.50. The number of sulfone groups is 1. The highest BCUT2D eigenvalue weighted by molar-refractivity contribution is 14.1. The lowest BCUT2D eigenvalue weighted by molar-refractivity contribution is -0.121. The standard InChI is InChI=1S/C14H18INO4S/c1-14(2,3)21(18,19)7-6-16-11-5-4-10(15)8-12(11)20-9-13(16)17/h4-5,8H,6-7,9H2,1-3H3. The molecular formula is C14H18INO4S. The molecule has 0 aliphatic carbocycles. The minimum absolute atomic E-state index is 0.0529. The Bertz CT molecular complexity index is 664. The normalized spacial score (nSPS) is 15.6. The van der Waals surface area contributed by atoms with E-state index in [1.807, 2.05) is 12.1 Å². The van der Waals surface area contributed by atoms with Crippen LogP contribution >= 0.6 is 22.6 Å². The Kier molecular flexibility index (Phi) is 4.53. The van der Waals surface area contributed by atoms with Gasteiger partial charge in [0.25, 0.3) is 5.91 Å². The number of rotatable bonds is 3. The second-order valence-electron chi connectivity index (χ2n) is 5.88. The number of hydrogen-bond acceptors (Lipinski definition) is 4. The summed E-state index contributed by atoms with van der Waals surface area (Å²) in [5.74, 6) is 0.343. The monoisotopic (exact) mass is 423 g/mol. The van der Waals surface area contributed by atoms with Gasteiger partial charge < -0.3 is 9.64 Å². The van der Waals surface area contributed by atoms with Crippen LogP contribution in [0.5, 0.6) is 5.75 Å². The molecule has 0 saturated heterocycles. The first-order valence-corrected chi connectivity index (χ1v) is 9.30. The topological polar surface area (TPSA) is 63.7 Å². The zero-order valence-corrected chi connectivity index (χ0v) is 15.2. The molecular weight excluding hydrogens is 405 g/mol. The van der Waals surface area contributed by atoms with Gasteiger partial charge in [-0.25, -0.2) is 8.42 Å². The third-order valence-electron chi connectivity index (χ3n) is 3.38. The molecule has 116 valence electrons. The smallest absolute Gasteiger partial charge is 0.265 e. The van der Waals surface area contributed by atoms with Crippen molar-refractivity contribution in [3.63, 3.8) is 0 Å². The summed E-state index contributed by atoms with van der Waals surface area (Å²) in [7, 11) is -3.27. The molecule has 0 atom stereocenters. The third-order valence-corrected chi connectivity index (χ3v) is 6.64. The average Bonchev–Trinajstić information content (AvgIpc) is 2.36. The molecule has 1 aliphatic rings. The number of ether oxygens (including phenoxy) is 1. The molecule has 0 unspecified atom stereocenters. The number of carbonyl (C=O) groups is 1. The highest BCUT2D eigenvalue weighted by Gasteiger charge is 2.32. The Morgan fingerprint density at radius 1 is 1.33 bits per heavy atom. The molecule has 21 heavy (non-hydrogen) atoms. The van der Waals surface area contributed by atoms with E-state index in [9.17, 15) is 13.2 Å². The van der Waals surface area contributed by atoms with Gasteiger partial charge >= 0.3 is 0 Å². The number of hydrogen-bond donors (Lipinski definition) is 0. The van der Waals surface area contributed by atoms with Crippen LogP contribution in [-0.4, -0.2) is 38.0 Å². The quantitative estimate of drug-likeness (QED) is 0.700. The number of benzene rings is 1. The van der Waals surface area contributed by atoms with E-state index in [0.717, 1.165) is 3.57 Å². The van der Waals surface area contributed by atoms with Crippen molar-refractivity contribution in [2.24, 2.45) is 0 Å². The molecule has 1 aliphatic heterocycles. The fraction of sp³-hybridized carbons (Fsp3) is 0.500. The van der Waals surface area contributed by atoms with Crippen LogP contribution in [0.15, 0.2) is 18.2 Å². The van der Waals surface area contributed by atoms with Crippen LogP contribution in [0.4, 0.5) is 5.69 Å². The van der Waals surface area contributed by atoms with E-state index >= 15 is 0 Å². The van der Waals surface area contributed by atoms with Gasteiger partial charge in [-0.1, -0.05) is 0 Å². The van der Waals surface area contributed by atoms with Crippen molar-refractivity contribution in [3.8, 4) is 5.75 Å². The van der Waals surface area contributed by atoms with Crippen LogP contribution in [0.3, 0.4) is 0 Å². The van der Waals surface area contributed by atoms with Gasteiger partial charge in [0, 0.05) is 10.1 Å². The molecule has 0 fully saturated rings. The maximum absolute atomic E-state index is 12.2. The fourth-order valence-corrected chi connectivity index (χ4v) is 3.44. The molecule has 7 heteroatoms. The first kappa shape index (κ1) is 16.5. The molecule has 1 aromatic carbocycles. The van der Waals surface area contributed by atoms with Crippen molar-refractivity contribution in [1.82, 2.24) is 0 Å². The van der Waals surface area contributed by atoms with E-state index < -0.39 is 14.6 Å². The number of fused-ring (bicyclic) bond motifs is 1. The second-order valence-corrected chi connectivity index (χ2v) is 9.99. The summed E-state index contributed by atoms with van der Waals surface area (Å²) in [6, 6.07) is 5.50. The van der Waals surface area contributed by atoms with Crippen molar-refractivity contribution >= 4 is 44.0 Å². The van der Waals surface area contributed by atoms with E-state index in [1.54, 1.807) is 26.8 Å². The van der Waals surface area contributed by atoms with Gasteiger partial charge in [0.05, 0.1) is 16.2 Å². The number of carbonyl (C=O) groups excluding carboxylic acids is 1. The summed E-state index contributed by atoms with van der Waals surface area (Å²) in [5.41, 5.74) is 0.635. The molecule has 0 aromatic heterocycles. The van der Waals surface area contributed by atoms with Crippen molar-refractivity contribution in [3.05, 3.63) is 21.8 Å². The maximum Gasteiger partial charge on any atom is 0.265 e. The lowest BCUT2D eigenvalue weighted by Crippen LogP contribution is -2.43.